The second-order valence-corrected chi connectivity index (χ2v) is 5.34. The highest BCUT2D eigenvalue weighted by Gasteiger charge is 2.34. The van der Waals surface area contributed by atoms with Crippen molar-refractivity contribution in [2.24, 2.45) is 11.7 Å². The lowest BCUT2D eigenvalue weighted by Gasteiger charge is -2.19. The molecule has 1 saturated carbocycles. The van der Waals surface area contributed by atoms with Crippen LogP contribution in [-0.2, 0) is 0 Å². The minimum Gasteiger partial charge on any atom is -0.457 e. The van der Waals surface area contributed by atoms with Crippen LogP contribution in [0, 0.1) is 5.92 Å². The van der Waals surface area contributed by atoms with Crippen LogP contribution in [0.5, 0.6) is 11.5 Å². The van der Waals surface area contributed by atoms with Gasteiger partial charge in [-0.05, 0) is 48.6 Å². The Balaban J connectivity index is 1.68. The Morgan fingerprint density at radius 1 is 0.950 bits per heavy atom. The quantitative estimate of drug-likeness (QED) is 0.876. The fourth-order valence-electron chi connectivity index (χ4n) is 2.31. The Hall–Kier alpha value is -1.84. The summed E-state index contributed by atoms with van der Waals surface area (Å²) in [7, 11) is 0. The third-order valence-electron chi connectivity index (χ3n) is 3.72. The Labute approximate surface area is 119 Å². The van der Waals surface area contributed by atoms with E-state index in [1.54, 1.807) is 0 Å². The predicted octanol–water partition coefficient (Wildman–Crippen LogP) is 3.25. The van der Waals surface area contributed by atoms with E-state index in [0.717, 1.165) is 29.9 Å². The Bertz CT molecular complexity index is 549. The van der Waals surface area contributed by atoms with E-state index in [1.807, 2.05) is 54.6 Å². The van der Waals surface area contributed by atoms with Crippen LogP contribution >= 0.6 is 0 Å². The highest BCUT2D eigenvalue weighted by Crippen LogP contribution is 2.37. The number of aliphatic hydroxyl groups is 1. The SMILES string of the molecule is N[C@H](c1ccc(Oc2ccccc2)cc1)[C@@H](O)C1CC1. The zero-order valence-electron chi connectivity index (χ0n) is 11.3. The Morgan fingerprint density at radius 2 is 1.55 bits per heavy atom. The monoisotopic (exact) mass is 269 g/mol. The third kappa shape index (κ3) is 3.00. The molecule has 104 valence electrons. The van der Waals surface area contributed by atoms with Crippen molar-refractivity contribution in [1.29, 1.82) is 0 Å². The van der Waals surface area contributed by atoms with Gasteiger partial charge in [0.25, 0.3) is 0 Å². The summed E-state index contributed by atoms with van der Waals surface area (Å²) in [6.07, 6.45) is 1.74. The normalized spacial score (nSPS) is 17.5. The second-order valence-electron chi connectivity index (χ2n) is 5.34. The molecule has 3 heteroatoms. The Morgan fingerprint density at radius 3 is 2.15 bits per heavy atom. The number of para-hydroxylation sites is 1. The number of hydrogen-bond donors (Lipinski definition) is 2. The van der Waals surface area contributed by atoms with Crippen molar-refractivity contribution in [2.75, 3.05) is 0 Å². The van der Waals surface area contributed by atoms with E-state index in [4.69, 9.17) is 10.5 Å². The molecule has 1 fully saturated rings. The standard InChI is InChI=1S/C17H19NO2/c18-16(17(19)13-6-7-13)12-8-10-15(11-9-12)20-14-4-2-1-3-5-14/h1-5,8-11,13,16-17,19H,6-7,18H2/t16-,17+/m1/s1. The molecule has 2 atom stereocenters. The lowest BCUT2D eigenvalue weighted by molar-refractivity contribution is 0.122. The van der Waals surface area contributed by atoms with E-state index in [0.29, 0.717) is 5.92 Å². The number of aliphatic hydroxyl groups excluding tert-OH is 1. The molecule has 20 heavy (non-hydrogen) atoms. The zero-order valence-corrected chi connectivity index (χ0v) is 11.3. The zero-order chi connectivity index (χ0) is 13.9. The van der Waals surface area contributed by atoms with Gasteiger partial charge in [-0.1, -0.05) is 30.3 Å². The molecular weight excluding hydrogens is 250 g/mol. The van der Waals surface area contributed by atoms with Crippen molar-refractivity contribution in [2.45, 2.75) is 25.0 Å². The fraction of sp³-hybridized carbons (Fsp3) is 0.294. The minimum absolute atomic E-state index is 0.312. The largest absolute Gasteiger partial charge is 0.457 e. The van der Waals surface area contributed by atoms with Gasteiger partial charge in [0.05, 0.1) is 12.1 Å². The second kappa shape index (κ2) is 5.65. The van der Waals surface area contributed by atoms with Crippen molar-refractivity contribution in [1.82, 2.24) is 0 Å². The van der Waals surface area contributed by atoms with E-state index in [1.165, 1.54) is 0 Å². The van der Waals surface area contributed by atoms with Crippen LogP contribution in [0.3, 0.4) is 0 Å². The smallest absolute Gasteiger partial charge is 0.127 e. The van der Waals surface area contributed by atoms with Crippen molar-refractivity contribution < 1.29 is 9.84 Å². The molecule has 3 nitrogen and oxygen atoms in total. The lowest BCUT2D eigenvalue weighted by Crippen LogP contribution is -2.27. The van der Waals surface area contributed by atoms with Gasteiger partial charge in [-0.15, -0.1) is 0 Å². The number of hydrogen-bond acceptors (Lipinski definition) is 3. The lowest BCUT2D eigenvalue weighted by atomic mass is 9.99. The molecule has 1 aliphatic rings. The summed E-state index contributed by atoms with van der Waals surface area (Å²) in [5, 5.41) is 10.1. The highest BCUT2D eigenvalue weighted by atomic mass is 16.5. The number of rotatable bonds is 5. The highest BCUT2D eigenvalue weighted by molar-refractivity contribution is 5.34. The first-order valence-electron chi connectivity index (χ1n) is 7.00. The number of benzene rings is 2. The van der Waals surface area contributed by atoms with Gasteiger partial charge in [-0.3, -0.25) is 0 Å². The van der Waals surface area contributed by atoms with Gasteiger partial charge in [-0.2, -0.15) is 0 Å². The van der Waals surface area contributed by atoms with Gasteiger partial charge in [0, 0.05) is 0 Å². The van der Waals surface area contributed by atoms with Gasteiger partial charge in [0.1, 0.15) is 11.5 Å². The van der Waals surface area contributed by atoms with E-state index >= 15 is 0 Å². The molecule has 0 radical (unpaired) electrons. The van der Waals surface area contributed by atoms with Crippen molar-refractivity contribution in [3.05, 3.63) is 60.2 Å². The summed E-state index contributed by atoms with van der Waals surface area (Å²) in [5.41, 5.74) is 7.04. The molecule has 1 aliphatic carbocycles. The van der Waals surface area contributed by atoms with Crippen LogP contribution in [0.15, 0.2) is 54.6 Å². The van der Waals surface area contributed by atoms with Gasteiger partial charge in [0.15, 0.2) is 0 Å². The van der Waals surface area contributed by atoms with Crippen LogP contribution < -0.4 is 10.5 Å². The van der Waals surface area contributed by atoms with E-state index in [-0.39, 0.29) is 6.04 Å². The van der Waals surface area contributed by atoms with Gasteiger partial charge in [0.2, 0.25) is 0 Å². The first kappa shape index (κ1) is 13.2. The molecule has 0 spiro atoms. The molecule has 0 aliphatic heterocycles. The summed E-state index contributed by atoms with van der Waals surface area (Å²) in [5.74, 6) is 1.96. The van der Waals surface area contributed by atoms with E-state index in [2.05, 4.69) is 0 Å². The molecule has 0 amide bonds. The molecule has 0 heterocycles. The molecule has 0 saturated heterocycles. The van der Waals surface area contributed by atoms with E-state index in [9.17, 15) is 5.11 Å². The van der Waals surface area contributed by atoms with Crippen molar-refractivity contribution in [3.8, 4) is 11.5 Å². The summed E-state index contributed by atoms with van der Waals surface area (Å²) >= 11 is 0. The predicted molar refractivity (Wildman–Crippen MR) is 78.6 cm³/mol. The van der Waals surface area contributed by atoms with E-state index < -0.39 is 6.10 Å². The maximum Gasteiger partial charge on any atom is 0.127 e. The van der Waals surface area contributed by atoms with Crippen LogP contribution in [-0.4, -0.2) is 11.2 Å². The first-order valence-corrected chi connectivity index (χ1v) is 7.00. The maximum atomic E-state index is 10.1. The summed E-state index contributed by atoms with van der Waals surface area (Å²) in [6, 6.07) is 17.0. The molecule has 2 aromatic carbocycles. The average Bonchev–Trinajstić information content (AvgIpc) is 3.32. The third-order valence-corrected chi connectivity index (χ3v) is 3.72. The van der Waals surface area contributed by atoms with Gasteiger partial charge in [-0.25, -0.2) is 0 Å². The minimum atomic E-state index is -0.434. The van der Waals surface area contributed by atoms with Crippen molar-refractivity contribution in [3.63, 3.8) is 0 Å². The first-order chi connectivity index (χ1) is 9.74. The molecule has 0 bridgehead atoms. The fourth-order valence-corrected chi connectivity index (χ4v) is 2.31. The Kier molecular flexibility index (Phi) is 3.72. The molecular formula is C17H19NO2. The average molecular weight is 269 g/mol. The van der Waals surface area contributed by atoms with Crippen molar-refractivity contribution >= 4 is 0 Å². The number of nitrogens with two attached hydrogens (primary N) is 1. The summed E-state index contributed by atoms with van der Waals surface area (Å²) in [4.78, 5) is 0. The molecule has 0 aromatic heterocycles. The summed E-state index contributed by atoms with van der Waals surface area (Å²) < 4.78 is 5.73. The maximum absolute atomic E-state index is 10.1. The molecule has 3 rings (SSSR count). The van der Waals surface area contributed by atoms with Crippen LogP contribution in [0.2, 0.25) is 0 Å². The van der Waals surface area contributed by atoms with Gasteiger partial charge >= 0.3 is 0 Å². The van der Waals surface area contributed by atoms with Gasteiger partial charge < -0.3 is 15.6 Å². The number of ether oxygens (including phenoxy) is 1. The molecule has 3 N–H and O–H groups in total. The summed E-state index contributed by atoms with van der Waals surface area (Å²) in [6.45, 7) is 0. The van der Waals surface area contributed by atoms with Crippen LogP contribution in [0.25, 0.3) is 0 Å². The topological polar surface area (TPSA) is 55.5 Å². The molecule has 2 aromatic rings. The molecule has 0 unspecified atom stereocenters. The van der Waals surface area contributed by atoms with Crippen LogP contribution in [0.4, 0.5) is 0 Å². The van der Waals surface area contributed by atoms with Crippen LogP contribution in [0.1, 0.15) is 24.4 Å².